The van der Waals surface area contributed by atoms with Gasteiger partial charge in [0.15, 0.2) is 5.82 Å². The number of nitrogens with zero attached hydrogens (tertiary/aromatic N) is 1. The number of rotatable bonds is 3. The molecule has 1 heterocycles. The van der Waals surface area contributed by atoms with Crippen LogP contribution in [0, 0.1) is 0 Å². The lowest BCUT2D eigenvalue weighted by atomic mass is 10.2. The Morgan fingerprint density at radius 1 is 1.16 bits per heavy atom. The summed E-state index contributed by atoms with van der Waals surface area (Å²) in [5, 5.41) is 12.3. The Labute approximate surface area is 120 Å². The van der Waals surface area contributed by atoms with E-state index in [1.165, 1.54) is 4.90 Å². The number of nitrogens with one attached hydrogen (secondary N) is 2. The van der Waals surface area contributed by atoms with E-state index in [0.717, 1.165) is 22.4 Å². The summed E-state index contributed by atoms with van der Waals surface area (Å²) in [6, 6.07) is 13.9. The maximum atomic E-state index is 5.95. The largest absolute Gasteiger partial charge is 0.338 e. The second-order valence-electron chi connectivity index (χ2n) is 4.12. The zero-order chi connectivity index (χ0) is 13.2. The molecule has 0 saturated carbocycles. The Hall–Kier alpha value is -1.65. The third-order valence-electron chi connectivity index (χ3n) is 2.88. The molecule has 0 unspecified atom stereocenters. The molecule has 3 aromatic rings. The molecule has 19 heavy (non-hydrogen) atoms. The van der Waals surface area contributed by atoms with Crippen molar-refractivity contribution in [3.05, 3.63) is 47.5 Å². The van der Waals surface area contributed by atoms with Crippen molar-refractivity contribution >= 4 is 45.8 Å². The SMILES string of the molecule is CSc1ccc(Nc2n[nH]c3cc(Cl)ccc23)cc1. The molecule has 1 aromatic heterocycles. The summed E-state index contributed by atoms with van der Waals surface area (Å²) < 4.78 is 0. The van der Waals surface area contributed by atoms with Gasteiger partial charge in [-0.2, -0.15) is 5.10 Å². The first-order valence-corrected chi connectivity index (χ1v) is 7.41. The molecule has 0 radical (unpaired) electrons. The van der Waals surface area contributed by atoms with Gasteiger partial charge in [0, 0.05) is 21.0 Å². The summed E-state index contributed by atoms with van der Waals surface area (Å²) in [4.78, 5) is 1.24. The number of anilines is 2. The predicted molar refractivity (Wildman–Crippen MR) is 82.6 cm³/mol. The average molecular weight is 290 g/mol. The standard InChI is InChI=1S/C14H12ClN3S/c1-19-11-5-3-10(4-6-11)16-14-12-7-2-9(15)8-13(12)17-18-14/h2-8H,1H3,(H2,16,17,18). The van der Waals surface area contributed by atoms with Crippen LogP contribution in [0.3, 0.4) is 0 Å². The fraction of sp³-hybridized carbons (Fsp3) is 0.0714. The zero-order valence-electron chi connectivity index (χ0n) is 10.3. The first-order chi connectivity index (χ1) is 9.26. The molecule has 0 fully saturated rings. The van der Waals surface area contributed by atoms with Gasteiger partial charge < -0.3 is 5.32 Å². The third-order valence-corrected chi connectivity index (χ3v) is 3.86. The minimum atomic E-state index is 0.701. The lowest BCUT2D eigenvalue weighted by Gasteiger charge is -2.04. The minimum absolute atomic E-state index is 0.701. The summed E-state index contributed by atoms with van der Waals surface area (Å²) >= 11 is 7.68. The van der Waals surface area contributed by atoms with Crippen molar-refractivity contribution < 1.29 is 0 Å². The van der Waals surface area contributed by atoms with Gasteiger partial charge in [0.05, 0.1) is 5.52 Å². The average Bonchev–Trinajstić information content (AvgIpc) is 2.82. The van der Waals surface area contributed by atoms with E-state index in [9.17, 15) is 0 Å². The van der Waals surface area contributed by atoms with Crippen molar-refractivity contribution in [2.24, 2.45) is 0 Å². The summed E-state index contributed by atoms with van der Waals surface area (Å²) in [5.74, 6) is 0.809. The van der Waals surface area contributed by atoms with Crippen molar-refractivity contribution in [3.8, 4) is 0 Å². The fourth-order valence-corrected chi connectivity index (χ4v) is 2.48. The van der Waals surface area contributed by atoms with Gasteiger partial charge in [0.1, 0.15) is 0 Å². The summed E-state index contributed by atoms with van der Waals surface area (Å²) in [6.07, 6.45) is 2.06. The molecule has 0 aliphatic carbocycles. The first kappa shape index (κ1) is 12.4. The van der Waals surface area contributed by atoms with E-state index in [1.54, 1.807) is 11.8 Å². The summed E-state index contributed by atoms with van der Waals surface area (Å²) in [5.41, 5.74) is 1.94. The van der Waals surface area contributed by atoms with Crippen LogP contribution in [0.25, 0.3) is 10.9 Å². The van der Waals surface area contributed by atoms with E-state index < -0.39 is 0 Å². The maximum absolute atomic E-state index is 5.95. The number of aromatic nitrogens is 2. The van der Waals surface area contributed by atoms with Crippen molar-refractivity contribution in [2.45, 2.75) is 4.90 Å². The van der Waals surface area contributed by atoms with Crippen LogP contribution in [0.4, 0.5) is 11.5 Å². The molecule has 0 bridgehead atoms. The Balaban J connectivity index is 1.92. The number of thioether (sulfide) groups is 1. The van der Waals surface area contributed by atoms with E-state index in [1.807, 2.05) is 30.3 Å². The monoisotopic (exact) mass is 289 g/mol. The third kappa shape index (κ3) is 2.55. The van der Waals surface area contributed by atoms with Crippen molar-refractivity contribution in [1.29, 1.82) is 0 Å². The number of fused-ring (bicyclic) bond motifs is 1. The molecule has 3 rings (SSSR count). The minimum Gasteiger partial charge on any atom is -0.338 e. The number of hydrogen-bond donors (Lipinski definition) is 2. The van der Waals surface area contributed by atoms with E-state index in [0.29, 0.717) is 5.02 Å². The van der Waals surface area contributed by atoms with Gasteiger partial charge >= 0.3 is 0 Å². The Bertz CT molecular complexity index is 706. The second kappa shape index (κ2) is 5.15. The summed E-state index contributed by atoms with van der Waals surface area (Å²) in [6.45, 7) is 0. The smallest absolute Gasteiger partial charge is 0.160 e. The van der Waals surface area contributed by atoms with E-state index in [-0.39, 0.29) is 0 Å². The van der Waals surface area contributed by atoms with Crippen molar-refractivity contribution in [3.63, 3.8) is 0 Å². The van der Waals surface area contributed by atoms with Crippen LogP contribution in [0.5, 0.6) is 0 Å². The molecule has 5 heteroatoms. The lowest BCUT2D eigenvalue weighted by Crippen LogP contribution is -1.90. The number of halogens is 1. The first-order valence-electron chi connectivity index (χ1n) is 5.81. The zero-order valence-corrected chi connectivity index (χ0v) is 11.8. The highest BCUT2D eigenvalue weighted by Crippen LogP contribution is 2.26. The molecule has 2 aromatic carbocycles. The van der Waals surface area contributed by atoms with Crippen LogP contribution in [-0.2, 0) is 0 Å². The molecule has 0 aliphatic heterocycles. The molecule has 0 aliphatic rings. The van der Waals surface area contributed by atoms with Gasteiger partial charge in [-0.3, -0.25) is 5.10 Å². The van der Waals surface area contributed by atoms with E-state index in [2.05, 4.69) is 33.9 Å². The van der Waals surface area contributed by atoms with Crippen molar-refractivity contribution in [1.82, 2.24) is 10.2 Å². The molecule has 0 amide bonds. The maximum Gasteiger partial charge on any atom is 0.160 e. The van der Waals surface area contributed by atoms with Gasteiger partial charge in [0.25, 0.3) is 0 Å². The van der Waals surface area contributed by atoms with Crippen LogP contribution in [-0.4, -0.2) is 16.5 Å². The van der Waals surface area contributed by atoms with Gasteiger partial charge in [-0.15, -0.1) is 11.8 Å². The molecule has 2 N–H and O–H groups in total. The topological polar surface area (TPSA) is 40.7 Å². The molecule has 96 valence electrons. The Morgan fingerprint density at radius 3 is 2.68 bits per heavy atom. The molecule has 0 atom stereocenters. The highest BCUT2D eigenvalue weighted by atomic mass is 35.5. The second-order valence-corrected chi connectivity index (χ2v) is 5.43. The molecule has 3 nitrogen and oxygen atoms in total. The van der Waals surface area contributed by atoms with Crippen molar-refractivity contribution in [2.75, 3.05) is 11.6 Å². The van der Waals surface area contributed by atoms with Gasteiger partial charge in [-0.05, 0) is 48.7 Å². The normalized spacial score (nSPS) is 10.8. The van der Waals surface area contributed by atoms with E-state index >= 15 is 0 Å². The summed E-state index contributed by atoms with van der Waals surface area (Å²) in [7, 11) is 0. The Morgan fingerprint density at radius 2 is 1.95 bits per heavy atom. The highest BCUT2D eigenvalue weighted by Gasteiger charge is 2.06. The van der Waals surface area contributed by atoms with Crippen LogP contribution < -0.4 is 5.32 Å². The van der Waals surface area contributed by atoms with Gasteiger partial charge in [0.2, 0.25) is 0 Å². The van der Waals surface area contributed by atoms with Crippen LogP contribution in [0.2, 0.25) is 5.02 Å². The molecule has 0 spiro atoms. The quantitative estimate of drug-likeness (QED) is 0.688. The Kier molecular flexibility index (Phi) is 3.36. The number of benzene rings is 2. The lowest BCUT2D eigenvalue weighted by molar-refractivity contribution is 1.12. The van der Waals surface area contributed by atoms with E-state index in [4.69, 9.17) is 11.6 Å². The number of H-pyrrole nitrogens is 1. The molecular weight excluding hydrogens is 278 g/mol. The number of hydrogen-bond acceptors (Lipinski definition) is 3. The van der Waals surface area contributed by atoms with Crippen LogP contribution >= 0.6 is 23.4 Å². The predicted octanol–water partition coefficient (Wildman–Crippen LogP) is 4.68. The van der Waals surface area contributed by atoms with Gasteiger partial charge in [-0.1, -0.05) is 11.6 Å². The van der Waals surface area contributed by atoms with Gasteiger partial charge in [-0.25, -0.2) is 0 Å². The van der Waals surface area contributed by atoms with Crippen LogP contribution in [0.1, 0.15) is 0 Å². The number of aromatic amines is 1. The fourth-order valence-electron chi connectivity index (χ4n) is 1.90. The molecular formula is C14H12ClN3S. The van der Waals surface area contributed by atoms with Crippen LogP contribution in [0.15, 0.2) is 47.4 Å². The highest BCUT2D eigenvalue weighted by molar-refractivity contribution is 7.98. The molecule has 0 saturated heterocycles.